The van der Waals surface area contributed by atoms with Crippen molar-refractivity contribution >= 4 is 62.2 Å². The molecule has 6 nitrogen and oxygen atoms in total. The average Bonchev–Trinajstić information content (AvgIpc) is 2.90. The Labute approximate surface area is 182 Å². The number of aliphatic carboxylic acids is 1. The van der Waals surface area contributed by atoms with Gasteiger partial charge < -0.3 is 14.6 Å². The summed E-state index contributed by atoms with van der Waals surface area (Å²) in [6, 6.07) is 3.68. The van der Waals surface area contributed by atoms with Crippen LogP contribution in [0.15, 0.2) is 21.5 Å². The Bertz CT molecular complexity index is 797. The van der Waals surface area contributed by atoms with Crippen LogP contribution < -0.4 is 9.47 Å². The molecule has 1 amide bonds. The van der Waals surface area contributed by atoms with Crippen LogP contribution in [0.4, 0.5) is 0 Å². The fraction of sp³-hybridized carbons (Fsp3) is 0.421. The van der Waals surface area contributed by atoms with Crippen LogP contribution in [0.2, 0.25) is 0 Å². The summed E-state index contributed by atoms with van der Waals surface area (Å²) in [4.78, 5) is 25.4. The fourth-order valence-corrected chi connectivity index (χ4v) is 4.56. The van der Waals surface area contributed by atoms with Gasteiger partial charge in [0.2, 0.25) is 0 Å². The van der Waals surface area contributed by atoms with E-state index in [1.165, 1.54) is 11.8 Å². The average molecular weight is 488 g/mol. The summed E-state index contributed by atoms with van der Waals surface area (Å²) >= 11 is 10.1. The number of halogens is 1. The standard InChI is InChI=1S/C19H22BrNO5S2/c1-3-26-17-13(20)9-12(10-14(17)25-2)11-15-18(24)21(19(27)28-15)8-6-4-5-7-16(22)23/h9-11H,3-8H2,1-2H3,(H,22,23)/b15-11-. The van der Waals surface area contributed by atoms with Gasteiger partial charge in [0.1, 0.15) is 4.32 Å². The number of thiocarbonyl (C=S) groups is 1. The minimum Gasteiger partial charge on any atom is -0.493 e. The van der Waals surface area contributed by atoms with Gasteiger partial charge >= 0.3 is 5.97 Å². The van der Waals surface area contributed by atoms with Gasteiger partial charge in [-0.05, 0) is 59.5 Å². The summed E-state index contributed by atoms with van der Waals surface area (Å²) in [5.41, 5.74) is 0.800. The van der Waals surface area contributed by atoms with E-state index in [1.54, 1.807) is 18.1 Å². The molecule has 1 fully saturated rings. The summed E-state index contributed by atoms with van der Waals surface area (Å²) in [5, 5.41) is 8.67. The van der Waals surface area contributed by atoms with E-state index >= 15 is 0 Å². The van der Waals surface area contributed by atoms with Crippen LogP contribution in [0.25, 0.3) is 6.08 Å². The molecule has 1 aromatic carbocycles. The molecule has 9 heteroatoms. The number of carbonyl (C=O) groups excluding carboxylic acids is 1. The Morgan fingerprint density at radius 3 is 2.75 bits per heavy atom. The lowest BCUT2D eigenvalue weighted by Gasteiger charge is -2.14. The van der Waals surface area contributed by atoms with Crippen LogP contribution in [0.3, 0.4) is 0 Å². The molecular weight excluding hydrogens is 466 g/mol. The second-order valence-corrected chi connectivity index (χ2v) is 8.53. The smallest absolute Gasteiger partial charge is 0.303 e. The third-order valence-corrected chi connectivity index (χ3v) is 5.95. The highest BCUT2D eigenvalue weighted by atomic mass is 79.9. The Hall–Kier alpha value is -1.58. The summed E-state index contributed by atoms with van der Waals surface area (Å²) in [6.45, 7) is 2.91. The third kappa shape index (κ3) is 5.96. The molecule has 0 saturated carbocycles. The number of thioether (sulfide) groups is 1. The molecule has 0 spiro atoms. The molecule has 1 saturated heterocycles. The van der Waals surface area contributed by atoms with Crippen molar-refractivity contribution in [2.24, 2.45) is 0 Å². The molecule has 0 bridgehead atoms. The molecule has 1 N–H and O–H groups in total. The minimum absolute atomic E-state index is 0.128. The monoisotopic (exact) mass is 487 g/mol. The Morgan fingerprint density at radius 1 is 1.36 bits per heavy atom. The zero-order valence-electron chi connectivity index (χ0n) is 15.7. The van der Waals surface area contributed by atoms with Crippen molar-refractivity contribution in [2.45, 2.75) is 32.6 Å². The molecule has 0 aromatic heterocycles. The first-order chi connectivity index (χ1) is 13.4. The number of carbonyl (C=O) groups is 2. The van der Waals surface area contributed by atoms with Crippen molar-refractivity contribution in [3.8, 4) is 11.5 Å². The second kappa shape index (κ2) is 10.8. The Kier molecular flexibility index (Phi) is 8.78. The number of amides is 1. The summed E-state index contributed by atoms with van der Waals surface area (Å²) < 4.78 is 12.2. The number of benzene rings is 1. The lowest BCUT2D eigenvalue weighted by Crippen LogP contribution is -2.29. The van der Waals surface area contributed by atoms with E-state index in [0.29, 0.717) is 40.3 Å². The normalized spacial score (nSPS) is 15.4. The number of hydrogen-bond acceptors (Lipinski definition) is 6. The van der Waals surface area contributed by atoms with Gasteiger partial charge in [-0.1, -0.05) is 30.4 Å². The van der Waals surface area contributed by atoms with Gasteiger partial charge in [-0.3, -0.25) is 14.5 Å². The van der Waals surface area contributed by atoms with Crippen LogP contribution in [-0.2, 0) is 9.59 Å². The zero-order valence-corrected chi connectivity index (χ0v) is 18.9. The zero-order chi connectivity index (χ0) is 20.7. The first-order valence-corrected chi connectivity index (χ1v) is 10.9. The molecule has 2 rings (SSSR count). The number of hydrogen-bond donors (Lipinski definition) is 1. The SMILES string of the molecule is CCOc1c(Br)cc(/C=C2\SC(=S)N(CCCCCC(=O)O)C2=O)cc1OC. The minimum atomic E-state index is -0.800. The number of carboxylic acids is 1. The number of unbranched alkanes of at least 4 members (excludes halogenated alkanes) is 2. The highest BCUT2D eigenvalue weighted by Gasteiger charge is 2.31. The number of carboxylic acid groups (broad SMARTS) is 1. The van der Waals surface area contributed by atoms with Gasteiger partial charge in [-0.2, -0.15) is 0 Å². The van der Waals surface area contributed by atoms with E-state index in [-0.39, 0.29) is 12.3 Å². The molecule has 152 valence electrons. The summed E-state index contributed by atoms with van der Waals surface area (Å²) in [7, 11) is 1.57. The summed E-state index contributed by atoms with van der Waals surface area (Å²) in [6.07, 6.45) is 3.99. The number of nitrogens with zero attached hydrogens (tertiary/aromatic N) is 1. The van der Waals surface area contributed by atoms with Crippen molar-refractivity contribution in [3.05, 3.63) is 27.1 Å². The van der Waals surface area contributed by atoms with Crippen molar-refractivity contribution in [1.29, 1.82) is 0 Å². The van der Waals surface area contributed by atoms with E-state index in [9.17, 15) is 9.59 Å². The van der Waals surface area contributed by atoms with E-state index in [1.807, 2.05) is 19.1 Å². The molecule has 1 aliphatic rings. The second-order valence-electron chi connectivity index (χ2n) is 6.00. The maximum atomic E-state index is 12.7. The van der Waals surface area contributed by atoms with Crippen LogP contribution in [0.5, 0.6) is 11.5 Å². The molecule has 0 unspecified atom stereocenters. The number of ether oxygens (including phenoxy) is 2. The van der Waals surface area contributed by atoms with Gasteiger partial charge in [0.05, 0.1) is 23.1 Å². The molecule has 28 heavy (non-hydrogen) atoms. The van der Waals surface area contributed by atoms with Crippen molar-refractivity contribution < 1.29 is 24.2 Å². The first-order valence-electron chi connectivity index (χ1n) is 8.84. The van der Waals surface area contributed by atoms with Crippen LogP contribution >= 0.6 is 39.9 Å². The van der Waals surface area contributed by atoms with Crippen molar-refractivity contribution in [3.63, 3.8) is 0 Å². The van der Waals surface area contributed by atoms with Gasteiger partial charge in [0.25, 0.3) is 5.91 Å². The fourth-order valence-electron chi connectivity index (χ4n) is 2.67. The number of methoxy groups -OCH3 is 1. The van der Waals surface area contributed by atoms with E-state index in [0.717, 1.165) is 22.9 Å². The topological polar surface area (TPSA) is 76.1 Å². The Morgan fingerprint density at radius 2 is 2.11 bits per heavy atom. The van der Waals surface area contributed by atoms with Crippen LogP contribution in [0, 0.1) is 0 Å². The lowest BCUT2D eigenvalue weighted by atomic mass is 10.1. The molecular formula is C19H22BrNO5S2. The predicted molar refractivity (Wildman–Crippen MR) is 118 cm³/mol. The Balaban J connectivity index is 2.08. The highest BCUT2D eigenvalue weighted by Crippen LogP contribution is 2.39. The maximum absolute atomic E-state index is 12.7. The molecule has 1 heterocycles. The molecule has 0 aliphatic carbocycles. The van der Waals surface area contributed by atoms with Crippen LogP contribution in [0.1, 0.15) is 38.2 Å². The van der Waals surface area contributed by atoms with Crippen LogP contribution in [-0.4, -0.2) is 46.5 Å². The van der Waals surface area contributed by atoms with Gasteiger partial charge in [-0.15, -0.1) is 0 Å². The summed E-state index contributed by atoms with van der Waals surface area (Å²) in [5.74, 6) is 0.273. The number of rotatable bonds is 10. The maximum Gasteiger partial charge on any atom is 0.303 e. The van der Waals surface area contributed by atoms with Crippen molar-refractivity contribution in [2.75, 3.05) is 20.3 Å². The van der Waals surface area contributed by atoms with E-state index in [2.05, 4.69) is 15.9 Å². The molecule has 0 atom stereocenters. The van der Waals surface area contributed by atoms with Gasteiger partial charge in [-0.25, -0.2) is 0 Å². The molecule has 1 aliphatic heterocycles. The van der Waals surface area contributed by atoms with E-state index in [4.69, 9.17) is 26.8 Å². The lowest BCUT2D eigenvalue weighted by molar-refractivity contribution is -0.137. The highest BCUT2D eigenvalue weighted by molar-refractivity contribution is 9.10. The molecule has 0 radical (unpaired) electrons. The quantitative estimate of drug-likeness (QED) is 0.291. The molecule has 1 aromatic rings. The van der Waals surface area contributed by atoms with Gasteiger partial charge in [0.15, 0.2) is 11.5 Å². The van der Waals surface area contributed by atoms with Crippen molar-refractivity contribution in [1.82, 2.24) is 4.90 Å². The van der Waals surface area contributed by atoms with E-state index < -0.39 is 5.97 Å². The predicted octanol–water partition coefficient (Wildman–Crippen LogP) is 4.70. The third-order valence-electron chi connectivity index (χ3n) is 3.98. The van der Waals surface area contributed by atoms with Gasteiger partial charge in [0, 0.05) is 13.0 Å². The first kappa shape index (κ1) is 22.7. The largest absolute Gasteiger partial charge is 0.493 e.